The van der Waals surface area contributed by atoms with E-state index in [-0.39, 0.29) is 0 Å². The van der Waals surface area contributed by atoms with Crippen molar-refractivity contribution in [1.29, 1.82) is 0 Å². The Morgan fingerprint density at radius 3 is 1.60 bits per heavy atom. The summed E-state index contributed by atoms with van der Waals surface area (Å²) in [5.74, 6) is 8.02. The van der Waals surface area contributed by atoms with Gasteiger partial charge in [-0.05, 0) is 53.8 Å². The lowest BCUT2D eigenvalue weighted by atomic mass is 9.82. The van der Waals surface area contributed by atoms with Crippen LogP contribution in [0.3, 0.4) is 0 Å². The van der Waals surface area contributed by atoms with Crippen LogP contribution in [0.5, 0.6) is 0 Å². The number of rotatable bonds is 7. The van der Waals surface area contributed by atoms with Crippen molar-refractivity contribution in [1.82, 2.24) is 0 Å². The van der Waals surface area contributed by atoms with Gasteiger partial charge in [-0.2, -0.15) is 0 Å². The Morgan fingerprint density at radius 2 is 1.20 bits per heavy atom. The predicted octanol–water partition coefficient (Wildman–Crippen LogP) is 10.6. The van der Waals surface area contributed by atoms with E-state index in [9.17, 15) is 0 Å². The van der Waals surface area contributed by atoms with Gasteiger partial charge in [-0.3, -0.25) is 0 Å². The van der Waals surface area contributed by atoms with E-state index in [1.807, 2.05) is 0 Å². The molecule has 0 saturated heterocycles. The lowest BCUT2D eigenvalue weighted by Gasteiger charge is -2.23. The first-order valence-corrected chi connectivity index (χ1v) is 14.3. The summed E-state index contributed by atoms with van der Waals surface area (Å²) in [7, 11) is 0. The van der Waals surface area contributed by atoms with Crippen molar-refractivity contribution in [2.45, 2.75) is 145 Å². The van der Waals surface area contributed by atoms with E-state index < -0.39 is 0 Å². The van der Waals surface area contributed by atoms with E-state index in [0.717, 1.165) is 47.3 Å². The molecule has 3 aliphatic carbocycles. The van der Waals surface area contributed by atoms with Gasteiger partial charge >= 0.3 is 0 Å². The van der Waals surface area contributed by atoms with Gasteiger partial charge in [0, 0.05) is 0 Å². The quantitative estimate of drug-likeness (QED) is 0.384. The Labute approximate surface area is 192 Å². The zero-order valence-electron chi connectivity index (χ0n) is 22.5. The molecule has 0 aromatic carbocycles. The molecule has 0 spiro atoms. The molecular formula is C30H60. The van der Waals surface area contributed by atoms with Crippen LogP contribution < -0.4 is 0 Å². The second-order valence-electron chi connectivity index (χ2n) is 12.1. The maximum absolute atomic E-state index is 2.43. The Kier molecular flexibility index (Phi) is 14.7. The lowest BCUT2D eigenvalue weighted by molar-refractivity contribution is 0.256. The van der Waals surface area contributed by atoms with Gasteiger partial charge in [0.05, 0.1) is 0 Å². The average molecular weight is 421 g/mol. The van der Waals surface area contributed by atoms with E-state index >= 15 is 0 Å². The van der Waals surface area contributed by atoms with Gasteiger partial charge in [-0.1, -0.05) is 139 Å². The first kappa shape index (κ1) is 28.0. The summed E-state index contributed by atoms with van der Waals surface area (Å²) < 4.78 is 0. The fraction of sp³-hybridized carbons (Fsp3) is 1.00. The fourth-order valence-corrected chi connectivity index (χ4v) is 6.98. The summed E-state index contributed by atoms with van der Waals surface area (Å²) in [5, 5.41) is 0. The molecule has 0 aromatic rings. The maximum Gasteiger partial charge on any atom is -0.0340 e. The Morgan fingerprint density at radius 1 is 0.700 bits per heavy atom. The highest BCUT2D eigenvalue weighted by Gasteiger charge is 2.31. The Bertz CT molecular complexity index is 372. The topological polar surface area (TPSA) is 0 Å². The molecule has 3 fully saturated rings. The van der Waals surface area contributed by atoms with Crippen LogP contribution in [0.1, 0.15) is 145 Å². The molecule has 3 aliphatic rings. The van der Waals surface area contributed by atoms with Crippen LogP contribution in [0, 0.1) is 47.3 Å². The van der Waals surface area contributed by atoms with E-state index in [1.54, 1.807) is 0 Å². The van der Waals surface area contributed by atoms with Crippen molar-refractivity contribution in [2.24, 2.45) is 47.3 Å². The Balaban J connectivity index is 0.000000225. The predicted molar refractivity (Wildman–Crippen MR) is 138 cm³/mol. The van der Waals surface area contributed by atoms with Gasteiger partial charge < -0.3 is 0 Å². The van der Waals surface area contributed by atoms with Crippen LogP contribution in [0.25, 0.3) is 0 Å². The minimum atomic E-state index is 0.896. The SMILES string of the molecule is CC(C)C1C(C)CCC1C.CCC(C)CC1CCCC1.CCCC(C)C1CCCC1. The second-order valence-corrected chi connectivity index (χ2v) is 12.1. The van der Waals surface area contributed by atoms with Gasteiger partial charge in [-0.25, -0.2) is 0 Å². The molecule has 3 saturated carbocycles. The van der Waals surface area contributed by atoms with E-state index in [1.165, 1.54) is 89.9 Å². The van der Waals surface area contributed by atoms with Crippen LogP contribution in [0.15, 0.2) is 0 Å². The summed E-state index contributed by atoms with van der Waals surface area (Å²) in [6, 6.07) is 0. The smallest absolute Gasteiger partial charge is 0.0340 e. The van der Waals surface area contributed by atoms with Crippen molar-refractivity contribution in [3.05, 3.63) is 0 Å². The third-order valence-corrected chi connectivity index (χ3v) is 9.02. The third kappa shape index (κ3) is 10.5. The van der Waals surface area contributed by atoms with Crippen molar-refractivity contribution < 1.29 is 0 Å². The first-order chi connectivity index (χ1) is 14.3. The molecule has 4 atom stereocenters. The molecule has 0 heteroatoms. The van der Waals surface area contributed by atoms with Crippen LogP contribution >= 0.6 is 0 Å². The molecule has 0 amide bonds. The molecule has 0 N–H and O–H groups in total. The van der Waals surface area contributed by atoms with Gasteiger partial charge in [0.1, 0.15) is 0 Å². The summed E-state index contributed by atoms with van der Waals surface area (Å²) in [4.78, 5) is 0. The van der Waals surface area contributed by atoms with Crippen molar-refractivity contribution in [2.75, 3.05) is 0 Å². The van der Waals surface area contributed by atoms with Gasteiger partial charge in [0.15, 0.2) is 0 Å². The maximum atomic E-state index is 2.43. The van der Waals surface area contributed by atoms with Gasteiger partial charge in [-0.15, -0.1) is 0 Å². The molecule has 30 heavy (non-hydrogen) atoms. The normalized spacial score (nSPS) is 29.3. The molecular weight excluding hydrogens is 360 g/mol. The highest BCUT2D eigenvalue weighted by atomic mass is 14.4. The van der Waals surface area contributed by atoms with E-state index in [4.69, 9.17) is 0 Å². The molecule has 4 unspecified atom stereocenters. The van der Waals surface area contributed by atoms with Gasteiger partial charge in [0.2, 0.25) is 0 Å². The molecule has 0 aromatic heterocycles. The minimum Gasteiger partial charge on any atom is -0.0654 e. The highest BCUT2D eigenvalue weighted by Crippen LogP contribution is 2.40. The van der Waals surface area contributed by atoms with E-state index in [0.29, 0.717) is 0 Å². The van der Waals surface area contributed by atoms with Crippen molar-refractivity contribution >= 4 is 0 Å². The zero-order chi connectivity index (χ0) is 22.5. The number of hydrogen-bond donors (Lipinski definition) is 0. The standard InChI is InChI=1S/3C10H20/c1-7(2)10-8(3)5-6-9(10)4;1-3-9(2)8-10-6-4-5-7-10;1-3-6-9(2)10-7-4-5-8-10/h7-10H,5-6H2,1-4H3;2*9-10H,3-8H2,1-2H3. The highest BCUT2D eigenvalue weighted by molar-refractivity contribution is 4.81. The van der Waals surface area contributed by atoms with Crippen LogP contribution in [-0.2, 0) is 0 Å². The van der Waals surface area contributed by atoms with Crippen LogP contribution in [-0.4, -0.2) is 0 Å². The number of hydrogen-bond acceptors (Lipinski definition) is 0. The van der Waals surface area contributed by atoms with Gasteiger partial charge in [0.25, 0.3) is 0 Å². The van der Waals surface area contributed by atoms with E-state index in [2.05, 4.69) is 55.4 Å². The van der Waals surface area contributed by atoms with Crippen LogP contribution in [0.4, 0.5) is 0 Å². The summed E-state index contributed by atoms with van der Waals surface area (Å²) in [6.45, 7) is 19.0. The lowest BCUT2D eigenvalue weighted by Crippen LogP contribution is -2.16. The van der Waals surface area contributed by atoms with Crippen LogP contribution in [0.2, 0.25) is 0 Å². The second kappa shape index (κ2) is 15.7. The van der Waals surface area contributed by atoms with Crippen molar-refractivity contribution in [3.8, 4) is 0 Å². The summed E-state index contributed by atoms with van der Waals surface area (Å²) in [6.07, 6.45) is 20.7. The monoisotopic (exact) mass is 420 g/mol. The molecule has 0 nitrogen and oxygen atoms in total. The minimum absolute atomic E-state index is 0.896. The third-order valence-electron chi connectivity index (χ3n) is 9.02. The molecule has 0 heterocycles. The molecule has 0 bridgehead atoms. The Hall–Kier alpha value is 0. The molecule has 0 aliphatic heterocycles. The summed E-state index contributed by atoms with van der Waals surface area (Å²) >= 11 is 0. The average Bonchev–Trinajstić information content (AvgIpc) is 3.46. The molecule has 3 rings (SSSR count). The largest absolute Gasteiger partial charge is 0.0654 e. The summed E-state index contributed by atoms with van der Waals surface area (Å²) in [5.41, 5.74) is 0. The zero-order valence-corrected chi connectivity index (χ0v) is 22.5. The molecule has 0 radical (unpaired) electrons. The fourth-order valence-electron chi connectivity index (χ4n) is 6.98. The van der Waals surface area contributed by atoms with Crippen molar-refractivity contribution in [3.63, 3.8) is 0 Å². The first-order valence-electron chi connectivity index (χ1n) is 14.3. The molecule has 180 valence electrons.